The molecule has 1 N–H and O–H groups in total. The van der Waals surface area contributed by atoms with Gasteiger partial charge in [0.2, 0.25) is 0 Å². The number of ether oxygens (including phenoxy) is 3. The Morgan fingerprint density at radius 3 is 2.12 bits per heavy atom. The first kappa shape index (κ1) is 17.9. The highest BCUT2D eigenvalue weighted by Crippen LogP contribution is 2.35. The number of methoxy groups -OCH3 is 2. The van der Waals surface area contributed by atoms with E-state index in [1.165, 1.54) is 19.1 Å². The van der Waals surface area contributed by atoms with Crippen LogP contribution in [-0.4, -0.2) is 47.9 Å². The zero-order valence-electron chi connectivity index (χ0n) is 14.6. The van der Waals surface area contributed by atoms with Crippen molar-refractivity contribution < 1.29 is 28.9 Å². The highest BCUT2D eigenvalue weighted by molar-refractivity contribution is 5.81. The monoisotopic (exact) mass is 337 g/mol. The summed E-state index contributed by atoms with van der Waals surface area (Å²) in [5, 5.41) is 9.50. The van der Waals surface area contributed by atoms with E-state index in [1.807, 2.05) is 0 Å². The molecule has 1 heterocycles. The lowest BCUT2D eigenvalue weighted by Crippen LogP contribution is -2.50. The topological polar surface area (TPSA) is 85.3 Å². The number of fused-ring (bicyclic) bond motifs is 1. The number of hydrogen-bond acceptors (Lipinski definition) is 5. The van der Waals surface area contributed by atoms with Crippen molar-refractivity contribution in [3.05, 3.63) is 23.3 Å². The first-order chi connectivity index (χ1) is 11.2. The van der Waals surface area contributed by atoms with Crippen LogP contribution in [0.4, 0.5) is 4.79 Å². The molecule has 0 saturated carbocycles. The third-order valence-corrected chi connectivity index (χ3v) is 3.75. The number of carboxylic acid groups (broad SMARTS) is 1. The van der Waals surface area contributed by atoms with Gasteiger partial charge < -0.3 is 19.3 Å². The summed E-state index contributed by atoms with van der Waals surface area (Å²) in [5.74, 6) is 0.00145. The van der Waals surface area contributed by atoms with Gasteiger partial charge in [-0.3, -0.25) is 4.90 Å². The standard InChI is InChI=1S/C17H23NO6/c1-17(2,3)24-16(21)18-9-11-8-14(23-5)13(22-4)7-10(11)6-12(18)15(19)20/h7-8,12H,6,9H2,1-5H3,(H,19,20). The van der Waals surface area contributed by atoms with E-state index in [-0.39, 0.29) is 13.0 Å². The van der Waals surface area contributed by atoms with Gasteiger partial charge in [-0.2, -0.15) is 0 Å². The third-order valence-electron chi connectivity index (χ3n) is 3.75. The van der Waals surface area contributed by atoms with Gasteiger partial charge in [0.25, 0.3) is 0 Å². The van der Waals surface area contributed by atoms with Crippen molar-refractivity contribution in [1.29, 1.82) is 0 Å². The fourth-order valence-electron chi connectivity index (χ4n) is 2.65. The van der Waals surface area contributed by atoms with Crippen molar-refractivity contribution in [3.8, 4) is 11.5 Å². The quantitative estimate of drug-likeness (QED) is 0.912. The molecule has 1 atom stereocenters. The molecule has 1 aliphatic heterocycles. The Morgan fingerprint density at radius 2 is 1.67 bits per heavy atom. The smallest absolute Gasteiger partial charge is 0.411 e. The molecule has 7 heteroatoms. The maximum Gasteiger partial charge on any atom is 0.411 e. The average molecular weight is 337 g/mol. The summed E-state index contributed by atoms with van der Waals surface area (Å²) in [5.41, 5.74) is 0.939. The van der Waals surface area contributed by atoms with Crippen LogP contribution in [0.1, 0.15) is 31.9 Å². The van der Waals surface area contributed by atoms with Crippen molar-refractivity contribution in [1.82, 2.24) is 4.90 Å². The normalized spacial score (nSPS) is 17.0. The number of carboxylic acids is 1. The molecule has 1 aromatic rings. The lowest BCUT2D eigenvalue weighted by atomic mass is 9.93. The maximum absolute atomic E-state index is 12.4. The molecule has 24 heavy (non-hydrogen) atoms. The summed E-state index contributed by atoms with van der Waals surface area (Å²) < 4.78 is 15.9. The Bertz CT molecular complexity index is 649. The van der Waals surface area contributed by atoms with Crippen LogP contribution in [0.25, 0.3) is 0 Å². The molecule has 2 rings (SSSR count). The number of nitrogens with zero attached hydrogens (tertiary/aromatic N) is 1. The van der Waals surface area contributed by atoms with Gasteiger partial charge in [-0.05, 0) is 44.0 Å². The predicted molar refractivity (Wildman–Crippen MR) is 86.5 cm³/mol. The van der Waals surface area contributed by atoms with Crippen LogP contribution >= 0.6 is 0 Å². The number of aliphatic carboxylic acids is 1. The van der Waals surface area contributed by atoms with E-state index >= 15 is 0 Å². The summed E-state index contributed by atoms with van der Waals surface area (Å²) in [7, 11) is 3.05. The van der Waals surface area contributed by atoms with Gasteiger partial charge in [0.15, 0.2) is 11.5 Å². The fraction of sp³-hybridized carbons (Fsp3) is 0.529. The lowest BCUT2D eigenvalue weighted by Gasteiger charge is -2.35. The van der Waals surface area contributed by atoms with E-state index in [0.29, 0.717) is 11.5 Å². The van der Waals surface area contributed by atoms with E-state index in [1.54, 1.807) is 32.9 Å². The zero-order valence-corrected chi connectivity index (χ0v) is 14.6. The molecule has 1 unspecified atom stereocenters. The molecule has 132 valence electrons. The van der Waals surface area contributed by atoms with E-state index in [4.69, 9.17) is 14.2 Å². The molecule has 7 nitrogen and oxygen atoms in total. The van der Waals surface area contributed by atoms with Gasteiger partial charge in [0, 0.05) is 6.42 Å². The molecule has 0 aromatic heterocycles. The Balaban J connectivity index is 2.38. The first-order valence-corrected chi connectivity index (χ1v) is 7.62. The van der Waals surface area contributed by atoms with Crippen LogP contribution in [0.2, 0.25) is 0 Å². The van der Waals surface area contributed by atoms with Crippen molar-refractivity contribution in [2.75, 3.05) is 14.2 Å². The van der Waals surface area contributed by atoms with Crippen LogP contribution < -0.4 is 9.47 Å². The van der Waals surface area contributed by atoms with Crippen LogP contribution in [0.5, 0.6) is 11.5 Å². The first-order valence-electron chi connectivity index (χ1n) is 7.62. The molecular weight excluding hydrogens is 314 g/mol. The maximum atomic E-state index is 12.4. The molecule has 0 radical (unpaired) electrons. The fourth-order valence-corrected chi connectivity index (χ4v) is 2.65. The van der Waals surface area contributed by atoms with E-state index < -0.39 is 23.7 Å². The third kappa shape index (κ3) is 3.72. The second kappa shape index (κ2) is 6.59. The Kier molecular flexibility index (Phi) is 4.91. The molecule has 0 spiro atoms. The summed E-state index contributed by atoms with van der Waals surface area (Å²) in [6.45, 7) is 5.37. The highest BCUT2D eigenvalue weighted by Gasteiger charge is 2.37. The van der Waals surface area contributed by atoms with E-state index in [0.717, 1.165) is 11.1 Å². The second-order valence-electron chi connectivity index (χ2n) is 6.64. The van der Waals surface area contributed by atoms with Gasteiger partial charge in [-0.25, -0.2) is 9.59 Å². The van der Waals surface area contributed by atoms with Gasteiger partial charge in [-0.15, -0.1) is 0 Å². The van der Waals surface area contributed by atoms with Crippen molar-refractivity contribution >= 4 is 12.1 Å². The number of hydrogen-bond donors (Lipinski definition) is 1. The molecular formula is C17H23NO6. The van der Waals surface area contributed by atoms with Crippen LogP contribution in [-0.2, 0) is 22.5 Å². The summed E-state index contributed by atoms with van der Waals surface area (Å²) in [6.07, 6.45) is -0.458. The average Bonchev–Trinajstić information content (AvgIpc) is 2.50. The highest BCUT2D eigenvalue weighted by atomic mass is 16.6. The van der Waals surface area contributed by atoms with Gasteiger partial charge in [0.05, 0.1) is 20.8 Å². The predicted octanol–water partition coefficient (Wildman–Crippen LogP) is 2.45. The van der Waals surface area contributed by atoms with Crippen LogP contribution in [0, 0.1) is 0 Å². The molecule has 0 bridgehead atoms. The Hall–Kier alpha value is -2.44. The number of rotatable bonds is 3. The van der Waals surface area contributed by atoms with Crippen molar-refractivity contribution in [2.24, 2.45) is 0 Å². The minimum Gasteiger partial charge on any atom is -0.493 e. The largest absolute Gasteiger partial charge is 0.493 e. The molecule has 0 aliphatic carbocycles. The van der Waals surface area contributed by atoms with E-state index in [2.05, 4.69) is 0 Å². The number of benzene rings is 1. The lowest BCUT2D eigenvalue weighted by molar-refractivity contribution is -0.143. The van der Waals surface area contributed by atoms with Crippen LogP contribution in [0.15, 0.2) is 12.1 Å². The molecule has 1 amide bonds. The molecule has 0 fully saturated rings. The second-order valence-corrected chi connectivity index (χ2v) is 6.64. The van der Waals surface area contributed by atoms with Crippen molar-refractivity contribution in [2.45, 2.75) is 45.4 Å². The SMILES string of the molecule is COc1cc2c(cc1OC)CN(C(=O)OC(C)(C)C)C(C(=O)O)C2. The summed E-state index contributed by atoms with van der Waals surface area (Å²) in [6, 6.07) is 2.55. The number of amides is 1. The minimum atomic E-state index is -1.07. The van der Waals surface area contributed by atoms with Crippen LogP contribution in [0.3, 0.4) is 0 Å². The summed E-state index contributed by atoms with van der Waals surface area (Å²) in [4.78, 5) is 25.3. The molecule has 1 aromatic carbocycles. The number of carbonyl (C=O) groups is 2. The van der Waals surface area contributed by atoms with Crippen molar-refractivity contribution in [3.63, 3.8) is 0 Å². The molecule has 0 saturated heterocycles. The summed E-state index contributed by atoms with van der Waals surface area (Å²) >= 11 is 0. The number of carbonyl (C=O) groups excluding carboxylic acids is 1. The molecule has 1 aliphatic rings. The van der Waals surface area contributed by atoms with Gasteiger partial charge >= 0.3 is 12.1 Å². The minimum absolute atomic E-state index is 0.140. The zero-order chi connectivity index (χ0) is 18.1. The van der Waals surface area contributed by atoms with Gasteiger partial charge in [-0.1, -0.05) is 0 Å². The Morgan fingerprint density at radius 1 is 1.12 bits per heavy atom. The van der Waals surface area contributed by atoms with Gasteiger partial charge in [0.1, 0.15) is 11.6 Å². The Labute approximate surface area is 141 Å². The van der Waals surface area contributed by atoms with E-state index in [9.17, 15) is 14.7 Å².